The van der Waals surface area contributed by atoms with E-state index in [-0.39, 0.29) is 24.8 Å². The van der Waals surface area contributed by atoms with Gasteiger partial charge >= 0.3 is 228 Å². The van der Waals surface area contributed by atoms with Gasteiger partial charge in [0.05, 0.1) is 0 Å². The summed E-state index contributed by atoms with van der Waals surface area (Å²) >= 11 is -0.534. The van der Waals surface area contributed by atoms with Crippen LogP contribution in [0.3, 0.4) is 0 Å². The van der Waals surface area contributed by atoms with Gasteiger partial charge in [-0.2, -0.15) is 0 Å². The molecule has 2 aliphatic rings. The van der Waals surface area contributed by atoms with E-state index in [1.807, 2.05) is 0 Å². The third-order valence-corrected chi connectivity index (χ3v) is 59.6. The van der Waals surface area contributed by atoms with Crippen molar-refractivity contribution in [3.05, 3.63) is 144 Å². The van der Waals surface area contributed by atoms with Crippen LogP contribution in [-0.2, 0) is 22.1 Å². The number of benzene rings is 4. The van der Waals surface area contributed by atoms with Gasteiger partial charge in [0.25, 0.3) is 0 Å². The Labute approximate surface area is 250 Å². The first-order valence-electron chi connectivity index (χ1n) is 11.7. The molecule has 2 aliphatic heterocycles. The summed E-state index contributed by atoms with van der Waals surface area (Å²) in [5.41, 5.74) is 6.15. The fraction of sp³-hybridized carbons (Fsp3) is 0.0714. The molecule has 4 atom stereocenters. The van der Waals surface area contributed by atoms with E-state index in [0.29, 0.717) is 0 Å². The first kappa shape index (κ1) is 30.1. The summed E-state index contributed by atoms with van der Waals surface area (Å²) in [5, 5.41) is 4.91. The summed E-state index contributed by atoms with van der Waals surface area (Å²) in [4.78, 5) is 0. The Morgan fingerprint density at radius 3 is 1.14 bits per heavy atom. The molecule has 2 heterocycles. The normalized spacial score (nSPS) is 23.5. The van der Waals surface area contributed by atoms with Crippen LogP contribution in [0.25, 0.3) is 0 Å². The monoisotopic (exact) mass is 706 g/mol. The van der Waals surface area contributed by atoms with Crippen molar-refractivity contribution >= 4 is 51.2 Å². The first-order chi connectivity index (χ1) is 17.3. The van der Waals surface area contributed by atoms with Crippen LogP contribution < -0.4 is 24.8 Å². The summed E-state index contributed by atoms with van der Waals surface area (Å²) in [7, 11) is 6.60. The Bertz CT molecular complexity index is 1350. The van der Waals surface area contributed by atoms with Crippen LogP contribution in [0.1, 0.15) is 33.1 Å². The Kier molecular flexibility index (Phi) is 11.9. The number of hydrogen-bond acceptors (Lipinski definition) is 0. The third kappa shape index (κ3) is 7.27. The van der Waals surface area contributed by atoms with Gasteiger partial charge in [0, 0.05) is 0 Å². The van der Waals surface area contributed by atoms with Crippen molar-refractivity contribution in [1.29, 1.82) is 0 Å². The molecule has 9 heteroatoms. The summed E-state index contributed by atoms with van der Waals surface area (Å²) in [6.45, 7) is 0. The van der Waals surface area contributed by atoms with E-state index in [1.165, 1.54) is 11.1 Å². The molecular weight excluding hydrogens is 684 g/mol. The van der Waals surface area contributed by atoms with Crippen LogP contribution in [0.15, 0.2) is 121 Å². The molecule has 0 aromatic heterocycles. The summed E-state index contributed by atoms with van der Waals surface area (Å²) < 4.78 is -0.824. The Morgan fingerprint density at radius 1 is 0.459 bits per heavy atom. The van der Waals surface area contributed by atoms with Gasteiger partial charge in [0.2, 0.25) is 0 Å². The minimum absolute atomic E-state index is 0. The summed E-state index contributed by atoms with van der Waals surface area (Å²) in [6.07, 6.45) is 0. The molecule has 0 aliphatic carbocycles. The minimum atomic E-state index is -0.534. The first-order valence-corrected chi connectivity index (χ1v) is 27.6. The molecule has 0 nitrogen and oxygen atoms in total. The molecule has 4 unspecified atom stereocenters. The molecule has 0 amide bonds. The molecule has 184 valence electrons. The van der Waals surface area contributed by atoms with E-state index in [0.717, 1.165) is 10.8 Å². The zero-order valence-corrected chi connectivity index (χ0v) is 29.3. The molecule has 6 rings (SSSR count). The van der Waals surface area contributed by atoms with Crippen LogP contribution in [0.2, 0.25) is 0 Å². The molecule has 0 spiro atoms. The Balaban J connectivity index is 0.00000160. The van der Waals surface area contributed by atoms with Crippen LogP contribution in [-0.4, -0.2) is 10.1 Å². The second-order valence-corrected chi connectivity index (χ2v) is 41.5. The van der Waals surface area contributed by atoms with E-state index in [1.54, 1.807) is 53.3 Å². The van der Waals surface area contributed by atoms with Crippen molar-refractivity contribution in [2.24, 2.45) is 0 Å². The topological polar surface area (TPSA) is 0 Å². The van der Waals surface area contributed by atoms with Crippen molar-refractivity contribution in [2.45, 2.75) is 10.8 Å². The van der Waals surface area contributed by atoms with Gasteiger partial charge in [-0.25, -0.2) is 0 Å². The van der Waals surface area contributed by atoms with Gasteiger partial charge in [-0.1, -0.05) is 0 Å². The van der Waals surface area contributed by atoms with Gasteiger partial charge in [0.1, 0.15) is 0 Å². The van der Waals surface area contributed by atoms with E-state index in [2.05, 4.69) is 121 Å². The van der Waals surface area contributed by atoms with Crippen LogP contribution in [0.4, 0.5) is 0 Å². The molecule has 0 N–H and O–H groups in total. The van der Waals surface area contributed by atoms with Crippen LogP contribution in [0, 0.1) is 0 Å². The van der Waals surface area contributed by atoms with E-state index >= 15 is 0 Å². The quantitative estimate of drug-likeness (QED) is 0.255. The fourth-order valence-electron chi connectivity index (χ4n) is 4.29. The number of hydrogen-bond donors (Lipinski definition) is 0. The zero-order valence-electron chi connectivity index (χ0n) is 19.7. The van der Waals surface area contributed by atoms with Crippen molar-refractivity contribution in [3.8, 4) is 0 Å². The number of halogens is 2. The molecule has 37 heavy (non-hydrogen) atoms. The average Bonchev–Trinajstić information content (AvgIpc) is 3.56. The molecule has 0 bridgehead atoms. The van der Waals surface area contributed by atoms with Gasteiger partial charge in [-0.15, -0.1) is 0 Å². The van der Waals surface area contributed by atoms with E-state index < -0.39 is 31.1 Å². The molecular formula is C28H24Cl2P6Zr. The van der Waals surface area contributed by atoms with Crippen molar-refractivity contribution in [3.63, 3.8) is 0 Å². The fourth-order valence-corrected chi connectivity index (χ4v) is 82.4. The molecule has 0 radical (unpaired) electrons. The summed E-state index contributed by atoms with van der Waals surface area (Å²) in [5.74, 6) is 0. The molecule has 0 saturated heterocycles. The second-order valence-electron chi connectivity index (χ2n) is 8.38. The second kappa shape index (κ2) is 14.7. The predicted octanol–water partition coefficient (Wildman–Crippen LogP) is 4.73. The molecule has 0 saturated carbocycles. The standard InChI is InChI=1S/2C14H11P3.2ClH.Zr/c2*1-3-7-11(8-4-1)13-15-14(17-16-13)12-9-5-2-6-10-12;;;/h2*1-10,13H;2*1H;. The van der Waals surface area contributed by atoms with Crippen LogP contribution >= 0.6 is 41.1 Å². The maximum atomic E-state index is 2.41. The molecule has 4 aromatic carbocycles. The van der Waals surface area contributed by atoms with Crippen molar-refractivity contribution in [2.75, 3.05) is 0 Å². The maximum absolute atomic E-state index is 2.41. The third-order valence-electron chi connectivity index (χ3n) is 6.02. The molecule has 0 fully saturated rings. The van der Waals surface area contributed by atoms with E-state index in [9.17, 15) is 0 Å². The summed E-state index contributed by atoms with van der Waals surface area (Å²) in [6, 6.07) is 45.5. The van der Waals surface area contributed by atoms with Crippen LogP contribution in [0.5, 0.6) is 0 Å². The van der Waals surface area contributed by atoms with Gasteiger partial charge in [-0.05, 0) is 0 Å². The zero-order chi connectivity index (χ0) is 23.5. The number of rotatable bonds is 6. The van der Waals surface area contributed by atoms with Crippen molar-refractivity contribution < 1.29 is 46.9 Å². The SMILES string of the molecule is [Cl-].[Cl-].c1ccc(C2=PC(c3ccccc3)[PH]([Zr+2][PH]3=PC(c4ccccc4)=PC3c3ccccc3)=P2)cc1. The van der Waals surface area contributed by atoms with Gasteiger partial charge in [0.15, 0.2) is 0 Å². The van der Waals surface area contributed by atoms with Gasteiger partial charge in [-0.3, -0.25) is 0 Å². The van der Waals surface area contributed by atoms with E-state index in [4.69, 9.17) is 0 Å². The Morgan fingerprint density at radius 2 is 0.784 bits per heavy atom. The predicted molar refractivity (Wildman–Crippen MR) is 164 cm³/mol. The average molecular weight is 708 g/mol. The van der Waals surface area contributed by atoms with Gasteiger partial charge < -0.3 is 24.8 Å². The Hall–Kier alpha value is 0.143. The van der Waals surface area contributed by atoms with Crippen molar-refractivity contribution in [1.82, 2.24) is 0 Å². The molecule has 4 aromatic rings.